The van der Waals surface area contributed by atoms with E-state index in [2.05, 4.69) is 12.1 Å². The quantitative estimate of drug-likeness (QED) is 0.664. The highest BCUT2D eigenvalue weighted by atomic mass is 16.5. The van der Waals surface area contributed by atoms with Crippen molar-refractivity contribution in [3.8, 4) is 17.2 Å². The summed E-state index contributed by atoms with van der Waals surface area (Å²) in [5, 5.41) is 0. The van der Waals surface area contributed by atoms with E-state index in [1.54, 1.807) is 26.4 Å². The SMILES string of the molecule is CCOc1ccc(C2CCCN2C(=O)/C=C/c2cccc(OC)c2OC)cc1. The van der Waals surface area contributed by atoms with Crippen molar-refractivity contribution in [2.75, 3.05) is 27.4 Å². The topological polar surface area (TPSA) is 48.0 Å². The molecule has 0 radical (unpaired) electrons. The highest BCUT2D eigenvalue weighted by molar-refractivity contribution is 5.92. The molecule has 0 spiro atoms. The van der Waals surface area contributed by atoms with Crippen LogP contribution in [0, 0.1) is 0 Å². The van der Waals surface area contributed by atoms with Crippen molar-refractivity contribution in [3.05, 3.63) is 59.7 Å². The van der Waals surface area contributed by atoms with E-state index in [1.165, 1.54) is 0 Å². The summed E-state index contributed by atoms with van der Waals surface area (Å²) in [6, 6.07) is 13.8. The Morgan fingerprint density at radius 3 is 2.61 bits per heavy atom. The molecule has 1 aliphatic heterocycles. The maximum atomic E-state index is 12.9. The van der Waals surface area contributed by atoms with E-state index >= 15 is 0 Å². The fraction of sp³-hybridized carbons (Fsp3) is 0.348. The number of ether oxygens (including phenoxy) is 3. The first-order valence-corrected chi connectivity index (χ1v) is 9.60. The zero-order valence-corrected chi connectivity index (χ0v) is 16.7. The number of likely N-dealkylation sites (tertiary alicyclic amines) is 1. The fourth-order valence-electron chi connectivity index (χ4n) is 3.63. The number of rotatable bonds is 7. The lowest BCUT2D eigenvalue weighted by Gasteiger charge is -2.24. The van der Waals surface area contributed by atoms with Crippen LogP contribution in [0.3, 0.4) is 0 Å². The number of benzene rings is 2. The molecular weight excluding hydrogens is 354 g/mol. The lowest BCUT2D eigenvalue weighted by molar-refractivity contribution is -0.126. The van der Waals surface area contributed by atoms with E-state index in [-0.39, 0.29) is 11.9 Å². The number of carbonyl (C=O) groups excluding carboxylic acids is 1. The minimum Gasteiger partial charge on any atom is -0.494 e. The molecule has 5 heteroatoms. The molecule has 1 amide bonds. The van der Waals surface area contributed by atoms with Crippen molar-refractivity contribution in [2.45, 2.75) is 25.8 Å². The van der Waals surface area contributed by atoms with Gasteiger partial charge in [0, 0.05) is 18.2 Å². The summed E-state index contributed by atoms with van der Waals surface area (Å²) in [6.45, 7) is 3.37. The number of carbonyl (C=O) groups is 1. The molecule has 5 nitrogen and oxygen atoms in total. The zero-order chi connectivity index (χ0) is 19.9. The van der Waals surface area contributed by atoms with E-state index in [0.29, 0.717) is 18.1 Å². The predicted octanol–water partition coefficient (Wildman–Crippen LogP) is 4.48. The molecule has 0 N–H and O–H groups in total. The highest BCUT2D eigenvalue weighted by Gasteiger charge is 2.28. The van der Waals surface area contributed by atoms with Crippen molar-refractivity contribution in [1.29, 1.82) is 0 Å². The maximum absolute atomic E-state index is 12.9. The molecule has 2 aromatic carbocycles. The average Bonchev–Trinajstić information content (AvgIpc) is 3.22. The van der Waals surface area contributed by atoms with Crippen LogP contribution in [0.4, 0.5) is 0 Å². The molecule has 1 heterocycles. The predicted molar refractivity (Wildman–Crippen MR) is 110 cm³/mol. The molecule has 0 aromatic heterocycles. The van der Waals surface area contributed by atoms with Gasteiger partial charge in [-0.1, -0.05) is 24.3 Å². The monoisotopic (exact) mass is 381 g/mol. The van der Waals surface area contributed by atoms with Crippen LogP contribution < -0.4 is 14.2 Å². The summed E-state index contributed by atoms with van der Waals surface area (Å²) in [5.74, 6) is 2.12. The third-order valence-electron chi connectivity index (χ3n) is 4.95. The molecular formula is C23H27NO4. The largest absolute Gasteiger partial charge is 0.494 e. The van der Waals surface area contributed by atoms with Crippen molar-refractivity contribution in [3.63, 3.8) is 0 Å². The molecule has 3 rings (SSSR count). The molecule has 0 saturated carbocycles. The zero-order valence-electron chi connectivity index (χ0n) is 16.7. The van der Waals surface area contributed by atoms with Crippen LogP contribution in [0.25, 0.3) is 6.08 Å². The van der Waals surface area contributed by atoms with Crippen LogP contribution >= 0.6 is 0 Å². The van der Waals surface area contributed by atoms with Gasteiger partial charge >= 0.3 is 0 Å². The number of amides is 1. The first-order chi connectivity index (χ1) is 13.7. The van der Waals surface area contributed by atoms with Crippen molar-refractivity contribution < 1.29 is 19.0 Å². The Balaban J connectivity index is 1.75. The van der Waals surface area contributed by atoms with Gasteiger partial charge < -0.3 is 19.1 Å². The van der Waals surface area contributed by atoms with E-state index in [1.807, 2.05) is 42.2 Å². The average molecular weight is 381 g/mol. The molecule has 0 aliphatic carbocycles. The summed E-state index contributed by atoms with van der Waals surface area (Å²) in [5.41, 5.74) is 1.95. The van der Waals surface area contributed by atoms with E-state index < -0.39 is 0 Å². The van der Waals surface area contributed by atoms with Gasteiger partial charge in [0.15, 0.2) is 11.5 Å². The second-order valence-corrected chi connectivity index (χ2v) is 6.61. The minimum absolute atomic E-state index is 0.00116. The molecule has 148 valence electrons. The Morgan fingerprint density at radius 2 is 1.93 bits per heavy atom. The Kier molecular flexibility index (Phi) is 6.58. The molecule has 0 bridgehead atoms. The van der Waals surface area contributed by atoms with Gasteiger partial charge in [0.05, 0.1) is 26.9 Å². The Morgan fingerprint density at radius 1 is 1.14 bits per heavy atom. The van der Waals surface area contributed by atoms with Gasteiger partial charge in [0.1, 0.15) is 5.75 Å². The summed E-state index contributed by atoms with van der Waals surface area (Å²) in [7, 11) is 3.20. The molecule has 1 unspecified atom stereocenters. The van der Waals surface area contributed by atoms with Gasteiger partial charge in [0.2, 0.25) is 5.91 Å². The number of methoxy groups -OCH3 is 2. The summed E-state index contributed by atoms with van der Waals surface area (Å²) in [4.78, 5) is 14.8. The summed E-state index contributed by atoms with van der Waals surface area (Å²) in [6.07, 6.45) is 5.37. The number of nitrogens with zero attached hydrogens (tertiary/aromatic N) is 1. The Labute approximate surface area is 166 Å². The van der Waals surface area contributed by atoms with Crippen LogP contribution in [-0.4, -0.2) is 38.2 Å². The first-order valence-electron chi connectivity index (χ1n) is 9.60. The third kappa shape index (κ3) is 4.30. The van der Waals surface area contributed by atoms with Crippen molar-refractivity contribution in [2.24, 2.45) is 0 Å². The lowest BCUT2D eigenvalue weighted by Crippen LogP contribution is -2.28. The van der Waals surface area contributed by atoms with Crippen molar-refractivity contribution in [1.82, 2.24) is 4.90 Å². The first kappa shape index (κ1) is 19.8. The third-order valence-corrected chi connectivity index (χ3v) is 4.95. The number of hydrogen-bond donors (Lipinski definition) is 0. The Bertz CT molecular complexity index is 829. The number of hydrogen-bond acceptors (Lipinski definition) is 4. The summed E-state index contributed by atoms with van der Waals surface area (Å²) >= 11 is 0. The van der Waals surface area contributed by atoms with Gasteiger partial charge in [-0.25, -0.2) is 0 Å². The minimum atomic E-state index is 0.00116. The van der Waals surface area contributed by atoms with Crippen LogP contribution in [0.5, 0.6) is 17.2 Å². The highest BCUT2D eigenvalue weighted by Crippen LogP contribution is 2.34. The molecule has 1 aliphatic rings. The summed E-state index contributed by atoms with van der Waals surface area (Å²) < 4.78 is 16.3. The number of para-hydroxylation sites is 1. The second kappa shape index (κ2) is 9.31. The maximum Gasteiger partial charge on any atom is 0.247 e. The fourth-order valence-corrected chi connectivity index (χ4v) is 3.63. The van der Waals surface area contributed by atoms with E-state index in [9.17, 15) is 4.79 Å². The van der Waals surface area contributed by atoms with Crippen LogP contribution in [0.15, 0.2) is 48.5 Å². The van der Waals surface area contributed by atoms with E-state index in [0.717, 1.165) is 36.3 Å². The second-order valence-electron chi connectivity index (χ2n) is 6.61. The van der Waals surface area contributed by atoms with Crippen molar-refractivity contribution >= 4 is 12.0 Å². The Hall–Kier alpha value is -2.95. The van der Waals surface area contributed by atoms with Gasteiger partial charge in [-0.15, -0.1) is 0 Å². The molecule has 1 atom stereocenters. The standard InChI is InChI=1S/C23H27NO4/c1-4-28-19-13-10-17(11-14-19)20-8-6-16-24(20)22(25)15-12-18-7-5-9-21(26-2)23(18)27-3/h5,7,9-15,20H,4,6,8,16H2,1-3H3/b15-12+. The van der Waals surface area contributed by atoms with Crippen LogP contribution in [0.2, 0.25) is 0 Å². The molecule has 28 heavy (non-hydrogen) atoms. The smallest absolute Gasteiger partial charge is 0.247 e. The molecule has 1 fully saturated rings. The van der Waals surface area contributed by atoms with E-state index in [4.69, 9.17) is 14.2 Å². The lowest BCUT2D eigenvalue weighted by atomic mass is 10.0. The molecule has 1 saturated heterocycles. The molecule has 2 aromatic rings. The van der Waals surface area contributed by atoms with Crippen LogP contribution in [0.1, 0.15) is 36.9 Å². The van der Waals surface area contributed by atoms with Gasteiger partial charge in [-0.3, -0.25) is 4.79 Å². The van der Waals surface area contributed by atoms with Gasteiger partial charge in [-0.05, 0) is 49.6 Å². The van der Waals surface area contributed by atoms with Crippen LogP contribution in [-0.2, 0) is 4.79 Å². The van der Waals surface area contributed by atoms with Gasteiger partial charge in [0.25, 0.3) is 0 Å². The van der Waals surface area contributed by atoms with Gasteiger partial charge in [-0.2, -0.15) is 0 Å². The normalized spacial score (nSPS) is 16.4.